The Hall–Kier alpha value is -1.43. The van der Waals surface area contributed by atoms with E-state index in [1.165, 1.54) is 0 Å². The van der Waals surface area contributed by atoms with Gasteiger partial charge in [-0.1, -0.05) is 0 Å². The van der Waals surface area contributed by atoms with Crippen molar-refractivity contribution in [2.24, 2.45) is 0 Å². The summed E-state index contributed by atoms with van der Waals surface area (Å²) in [5.41, 5.74) is 0. The molecule has 1 aromatic rings. The topological polar surface area (TPSA) is 37.4 Å². The molecule has 0 aliphatic carbocycles. The molecule has 1 fully saturated rings. The van der Waals surface area contributed by atoms with E-state index in [4.69, 9.17) is 4.74 Å². The lowest BCUT2D eigenvalue weighted by atomic mass is 10.3. The normalized spacial score (nSPS) is 16.2. The smallest absolute Gasteiger partial charge is 0.252 e. The number of halogens is 2. The van der Waals surface area contributed by atoms with Crippen molar-refractivity contribution in [1.82, 2.24) is 10.3 Å². The van der Waals surface area contributed by atoms with Crippen molar-refractivity contribution in [1.29, 1.82) is 0 Å². The Morgan fingerprint density at radius 3 is 2.56 bits per heavy atom. The molecule has 0 saturated carbocycles. The summed E-state index contributed by atoms with van der Waals surface area (Å²) in [5, 5.41) is 3.16. The second kappa shape index (κ2) is 5.48. The molecule has 0 bridgehead atoms. The zero-order valence-corrected chi connectivity index (χ0v) is 10.5. The molecule has 0 radical (unpaired) electrons. The maximum atomic E-state index is 13.7. The molecule has 1 aliphatic heterocycles. The fourth-order valence-corrected chi connectivity index (χ4v) is 1.84. The highest BCUT2D eigenvalue weighted by Crippen LogP contribution is 2.24. The summed E-state index contributed by atoms with van der Waals surface area (Å²) in [6.45, 7) is 6.37. The molecule has 18 heavy (non-hydrogen) atoms. The number of nitrogens with one attached hydrogen (secondary N) is 1. The Bertz CT molecular complexity index is 420. The molecule has 6 heteroatoms. The number of hydrogen-bond acceptors (Lipinski definition) is 4. The summed E-state index contributed by atoms with van der Waals surface area (Å²) < 4.78 is 32.5. The Morgan fingerprint density at radius 1 is 1.28 bits per heavy atom. The molecular weight excluding hydrogens is 240 g/mol. The fourth-order valence-electron chi connectivity index (χ4n) is 1.84. The van der Waals surface area contributed by atoms with Crippen LogP contribution in [-0.4, -0.2) is 37.3 Å². The third-order valence-corrected chi connectivity index (χ3v) is 2.64. The first-order valence-electron chi connectivity index (χ1n) is 6.06. The molecular formula is C12H17F2N3O. The Morgan fingerprint density at radius 2 is 1.94 bits per heavy atom. The van der Waals surface area contributed by atoms with Gasteiger partial charge in [0.15, 0.2) is 17.5 Å². The summed E-state index contributed by atoms with van der Waals surface area (Å²) in [6, 6.07) is 0.835. The maximum absolute atomic E-state index is 13.7. The highest BCUT2D eigenvalue weighted by atomic mass is 19.1. The lowest BCUT2D eigenvalue weighted by Crippen LogP contribution is -2.44. The van der Waals surface area contributed by atoms with Gasteiger partial charge in [-0.05, 0) is 13.8 Å². The number of anilines is 1. The molecule has 1 aromatic heterocycles. The van der Waals surface area contributed by atoms with E-state index in [0.29, 0.717) is 13.1 Å². The monoisotopic (exact) mass is 257 g/mol. The van der Waals surface area contributed by atoms with E-state index in [0.717, 1.165) is 19.2 Å². The number of aromatic nitrogens is 1. The van der Waals surface area contributed by atoms with Crippen molar-refractivity contribution >= 4 is 5.82 Å². The largest absolute Gasteiger partial charge is 0.473 e. The summed E-state index contributed by atoms with van der Waals surface area (Å²) in [4.78, 5) is 5.75. The van der Waals surface area contributed by atoms with Gasteiger partial charge in [0.25, 0.3) is 5.88 Å². The minimum absolute atomic E-state index is 0.139. The SMILES string of the molecule is CC(C)Oc1nc(N2CCNCC2)c(F)cc1F. The standard InChI is InChI=1S/C12H17F2N3O/c1-8(2)18-12-10(14)7-9(13)11(16-12)17-5-3-15-4-6-17/h7-8,15H,3-6H2,1-2H3. The number of pyridine rings is 1. The second-order valence-electron chi connectivity index (χ2n) is 4.48. The van der Waals surface area contributed by atoms with Crippen LogP contribution in [0.15, 0.2) is 6.07 Å². The summed E-state index contributed by atoms with van der Waals surface area (Å²) in [5.74, 6) is -1.39. The lowest BCUT2D eigenvalue weighted by Gasteiger charge is -2.29. The van der Waals surface area contributed by atoms with Crippen LogP contribution in [0.25, 0.3) is 0 Å². The first-order valence-corrected chi connectivity index (χ1v) is 6.06. The van der Waals surface area contributed by atoms with Crippen LogP contribution in [0.3, 0.4) is 0 Å². The number of ether oxygens (including phenoxy) is 1. The second-order valence-corrected chi connectivity index (χ2v) is 4.48. The highest BCUT2D eigenvalue weighted by Gasteiger charge is 2.20. The summed E-state index contributed by atoms with van der Waals surface area (Å²) >= 11 is 0. The van der Waals surface area contributed by atoms with E-state index >= 15 is 0 Å². The van der Waals surface area contributed by atoms with Gasteiger partial charge in [0.2, 0.25) is 0 Å². The van der Waals surface area contributed by atoms with Gasteiger partial charge in [0.1, 0.15) is 0 Å². The molecule has 2 rings (SSSR count). The minimum Gasteiger partial charge on any atom is -0.473 e. The van der Waals surface area contributed by atoms with Crippen LogP contribution < -0.4 is 15.0 Å². The van der Waals surface area contributed by atoms with E-state index in [1.807, 2.05) is 0 Å². The number of rotatable bonds is 3. The van der Waals surface area contributed by atoms with Crippen molar-refractivity contribution in [2.45, 2.75) is 20.0 Å². The number of hydrogen-bond donors (Lipinski definition) is 1. The van der Waals surface area contributed by atoms with Gasteiger partial charge in [0, 0.05) is 32.2 Å². The molecule has 1 N–H and O–H groups in total. The molecule has 1 saturated heterocycles. The molecule has 2 heterocycles. The predicted octanol–water partition coefficient (Wildman–Crippen LogP) is 1.56. The van der Waals surface area contributed by atoms with Crippen LogP contribution in [-0.2, 0) is 0 Å². The molecule has 0 spiro atoms. The molecule has 100 valence electrons. The van der Waals surface area contributed by atoms with E-state index in [-0.39, 0.29) is 17.8 Å². The highest BCUT2D eigenvalue weighted by molar-refractivity contribution is 5.43. The van der Waals surface area contributed by atoms with Crippen molar-refractivity contribution < 1.29 is 13.5 Å². The summed E-state index contributed by atoms with van der Waals surface area (Å²) in [7, 11) is 0. The minimum atomic E-state index is -0.764. The molecule has 0 unspecified atom stereocenters. The zero-order valence-electron chi connectivity index (χ0n) is 10.5. The van der Waals surface area contributed by atoms with Gasteiger partial charge in [-0.2, -0.15) is 4.98 Å². The Labute approximate surface area is 105 Å². The van der Waals surface area contributed by atoms with Crippen molar-refractivity contribution in [2.75, 3.05) is 31.1 Å². The molecule has 0 atom stereocenters. The van der Waals surface area contributed by atoms with Crippen molar-refractivity contribution in [3.63, 3.8) is 0 Å². The lowest BCUT2D eigenvalue weighted by molar-refractivity contribution is 0.220. The van der Waals surface area contributed by atoms with Crippen LogP contribution in [0.5, 0.6) is 5.88 Å². The van der Waals surface area contributed by atoms with E-state index < -0.39 is 11.6 Å². The fraction of sp³-hybridized carbons (Fsp3) is 0.583. The number of nitrogens with zero attached hydrogens (tertiary/aromatic N) is 2. The van der Waals surface area contributed by atoms with Crippen LogP contribution in [0, 0.1) is 11.6 Å². The Kier molecular flexibility index (Phi) is 3.96. The van der Waals surface area contributed by atoms with Crippen LogP contribution >= 0.6 is 0 Å². The average Bonchev–Trinajstić information content (AvgIpc) is 2.33. The van der Waals surface area contributed by atoms with E-state index in [1.54, 1.807) is 18.7 Å². The van der Waals surface area contributed by atoms with Gasteiger partial charge >= 0.3 is 0 Å². The van der Waals surface area contributed by atoms with E-state index in [9.17, 15) is 8.78 Å². The first-order chi connectivity index (χ1) is 8.58. The molecule has 0 amide bonds. The predicted molar refractivity (Wildman–Crippen MR) is 65.0 cm³/mol. The maximum Gasteiger partial charge on any atom is 0.252 e. The van der Waals surface area contributed by atoms with Gasteiger partial charge in [0.05, 0.1) is 6.10 Å². The van der Waals surface area contributed by atoms with E-state index in [2.05, 4.69) is 10.3 Å². The van der Waals surface area contributed by atoms with Gasteiger partial charge in [-0.15, -0.1) is 0 Å². The van der Waals surface area contributed by atoms with Crippen LogP contribution in [0.2, 0.25) is 0 Å². The van der Waals surface area contributed by atoms with Crippen LogP contribution in [0.1, 0.15) is 13.8 Å². The first kappa shape index (κ1) is 13.0. The number of piperazine rings is 1. The summed E-state index contributed by atoms with van der Waals surface area (Å²) in [6.07, 6.45) is -0.201. The third kappa shape index (κ3) is 2.87. The van der Waals surface area contributed by atoms with Crippen LogP contribution in [0.4, 0.5) is 14.6 Å². The molecule has 1 aliphatic rings. The molecule has 0 aromatic carbocycles. The Balaban J connectivity index is 2.28. The molecule has 4 nitrogen and oxygen atoms in total. The van der Waals surface area contributed by atoms with Gasteiger partial charge in [-0.25, -0.2) is 8.78 Å². The van der Waals surface area contributed by atoms with Gasteiger partial charge < -0.3 is 15.0 Å². The van der Waals surface area contributed by atoms with Gasteiger partial charge in [-0.3, -0.25) is 0 Å². The van der Waals surface area contributed by atoms with Crippen molar-refractivity contribution in [3.05, 3.63) is 17.7 Å². The zero-order chi connectivity index (χ0) is 13.1. The third-order valence-electron chi connectivity index (χ3n) is 2.64. The van der Waals surface area contributed by atoms with Crippen molar-refractivity contribution in [3.8, 4) is 5.88 Å². The average molecular weight is 257 g/mol. The quantitative estimate of drug-likeness (QED) is 0.891.